The fourth-order valence-corrected chi connectivity index (χ4v) is 12.0. The number of aliphatic carboxylic acids is 1. The number of carboxylic acids is 1. The Morgan fingerprint density at radius 2 is 1.14 bits per heavy atom. The number of ether oxygens (including phenoxy) is 1. The van der Waals surface area contributed by atoms with E-state index in [1.54, 1.807) is 0 Å². The number of halogens is 6. The number of carboxylic acid groups (broad SMARTS) is 1. The van der Waals surface area contributed by atoms with Gasteiger partial charge in [-0.2, -0.15) is 0 Å². The minimum absolute atomic E-state index is 0.000399. The van der Waals surface area contributed by atoms with Crippen molar-refractivity contribution in [3.8, 4) is 51.4 Å². The Balaban J connectivity index is 1.16. The van der Waals surface area contributed by atoms with Gasteiger partial charge in [0.25, 0.3) is 11.8 Å². The first-order valence-corrected chi connectivity index (χ1v) is 29.0. The molecule has 5 aliphatic heterocycles. The number of aromatic hydroxyl groups is 5. The molecule has 5 aliphatic rings. The van der Waals surface area contributed by atoms with E-state index in [-0.39, 0.29) is 62.6 Å². The van der Waals surface area contributed by atoms with E-state index in [4.69, 9.17) is 74.3 Å². The predicted molar refractivity (Wildman–Crippen MR) is 327 cm³/mol. The lowest BCUT2D eigenvalue weighted by Crippen LogP contribution is -2.55. The molecule has 12 rings (SSSR count). The number of phenols is 5. The molecule has 7 atom stereocenters. The number of Topliss-reactive ketones (excluding diaryl/α,β-unsaturated/α-hetero) is 1. The third kappa shape index (κ3) is 12.8. The molecule has 468 valence electrons. The molecular formula is C61H45Cl6N7O17. The number of carbonyl (C=O) groups is 9. The molecule has 0 saturated carbocycles. The van der Waals surface area contributed by atoms with Crippen LogP contribution in [0.1, 0.15) is 74.3 Å². The Labute approximate surface area is 543 Å². The number of carbonyl (C=O) groups excluding carboxylic acids is 8. The Morgan fingerprint density at radius 3 is 1.70 bits per heavy atom. The van der Waals surface area contributed by atoms with Gasteiger partial charge in [-0.05, 0) is 112 Å². The minimum atomic E-state index is -2.75. The highest BCUT2D eigenvalue weighted by Gasteiger charge is 2.49. The van der Waals surface area contributed by atoms with Crippen LogP contribution in [0.4, 0.5) is 5.69 Å². The third-order valence-corrected chi connectivity index (χ3v) is 17.0. The van der Waals surface area contributed by atoms with Gasteiger partial charge in [-0.25, -0.2) is 4.79 Å². The minimum Gasteiger partial charge on any atom is -0.508 e. The maximum Gasteiger partial charge on any atom is 0.330 e. The summed E-state index contributed by atoms with van der Waals surface area (Å²) in [5.74, 6) is -15.3. The number of nitrogens with zero attached hydrogens (tertiary/aromatic N) is 1. The van der Waals surface area contributed by atoms with E-state index in [9.17, 15) is 59.7 Å². The quantitative estimate of drug-likeness (QED) is 0.0486. The second-order valence-electron chi connectivity index (χ2n) is 21.1. The molecule has 5 heterocycles. The molecule has 0 saturated heterocycles. The van der Waals surface area contributed by atoms with Crippen LogP contribution in [0.2, 0.25) is 30.1 Å². The van der Waals surface area contributed by atoms with Crippen LogP contribution < -0.4 is 36.6 Å². The van der Waals surface area contributed by atoms with Crippen LogP contribution in [0.15, 0.2) is 115 Å². The number of amides is 7. The molecule has 0 aromatic heterocycles. The number of nitrogens with one attached hydrogen (secondary N) is 6. The van der Waals surface area contributed by atoms with Crippen LogP contribution in [0.25, 0.3) is 11.1 Å². The summed E-state index contributed by atoms with van der Waals surface area (Å²) in [6, 6.07) is 10.6. The van der Waals surface area contributed by atoms with Crippen LogP contribution >= 0.6 is 69.6 Å². The van der Waals surface area contributed by atoms with E-state index in [0.29, 0.717) is 5.56 Å². The van der Waals surface area contributed by atoms with Gasteiger partial charge in [0.1, 0.15) is 41.7 Å². The molecule has 0 fully saturated rings. The summed E-state index contributed by atoms with van der Waals surface area (Å²) in [5.41, 5.74) is -4.29. The smallest absolute Gasteiger partial charge is 0.330 e. The van der Waals surface area contributed by atoms with Crippen molar-refractivity contribution < 1.29 is 83.6 Å². The van der Waals surface area contributed by atoms with Crippen molar-refractivity contribution in [2.45, 2.75) is 54.7 Å². The maximum absolute atomic E-state index is 15.8. The average Bonchev–Trinajstić information content (AvgIpc) is 1.63. The average molecular weight is 1360 g/mol. The predicted octanol–water partition coefficient (Wildman–Crippen LogP) is 7.70. The molecule has 13 N–H and O–H groups in total. The molecule has 91 heavy (non-hydrogen) atoms. The number of phenolic OH excluding ortho intramolecular Hbond substituents is 5. The van der Waals surface area contributed by atoms with Crippen LogP contribution in [0.5, 0.6) is 40.2 Å². The molecule has 9 bridgehead atoms. The molecule has 2 unspecified atom stereocenters. The van der Waals surface area contributed by atoms with Crippen molar-refractivity contribution in [2.24, 2.45) is 0 Å². The third-order valence-electron chi connectivity index (χ3n) is 15.3. The van der Waals surface area contributed by atoms with Gasteiger partial charge in [0.05, 0.1) is 30.1 Å². The first-order chi connectivity index (χ1) is 43.0. The summed E-state index contributed by atoms with van der Waals surface area (Å²) in [7, 11) is 1.16. The summed E-state index contributed by atoms with van der Waals surface area (Å²) >= 11 is 37.9. The van der Waals surface area contributed by atoms with Gasteiger partial charge in [-0.1, -0.05) is 106 Å². The number of likely N-dealkylation sites (N-methyl/N-ethyl adjacent to an activating group) is 1. The van der Waals surface area contributed by atoms with E-state index in [1.165, 1.54) is 72.8 Å². The van der Waals surface area contributed by atoms with Gasteiger partial charge >= 0.3 is 5.97 Å². The highest BCUT2D eigenvalue weighted by Crippen LogP contribution is 2.47. The zero-order valence-corrected chi connectivity index (χ0v) is 50.8. The second kappa shape index (κ2) is 25.4. The lowest BCUT2D eigenvalue weighted by atomic mass is 9.86. The largest absolute Gasteiger partial charge is 0.508 e. The van der Waals surface area contributed by atoms with Crippen LogP contribution in [-0.2, 0) is 50.4 Å². The highest BCUT2D eigenvalue weighted by atomic mass is 35.5. The molecule has 0 spiro atoms. The van der Waals surface area contributed by atoms with E-state index in [2.05, 4.69) is 31.9 Å². The molecule has 30 heteroatoms. The van der Waals surface area contributed by atoms with Crippen LogP contribution in [0.3, 0.4) is 0 Å². The topological polar surface area (TPSA) is 380 Å². The maximum atomic E-state index is 15.8. The summed E-state index contributed by atoms with van der Waals surface area (Å²) < 4.78 is 6.32. The van der Waals surface area contributed by atoms with E-state index >= 15 is 19.2 Å². The number of benzene rings is 7. The first-order valence-electron chi connectivity index (χ1n) is 26.7. The Bertz CT molecular complexity index is 4200. The molecule has 0 radical (unpaired) electrons. The Kier molecular flexibility index (Phi) is 18.0. The number of hydrogen-bond donors (Lipinski definition) is 13. The number of anilines is 1. The lowest BCUT2D eigenvalue weighted by molar-refractivity contribution is -0.145. The van der Waals surface area contributed by atoms with Crippen molar-refractivity contribution in [1.82, 2.24) is 31.5 Å². The zero-order valence-electron chi connectivity index (χ0n) is 46.3. The highest BCUT2D eigenvalue weighted by molar-refractivity contribution is 6.45. The number of hydrogen-bond acceptors (Lipinski definition) is 16. The standard InChI is InChI=1S/C61H45Cl6N7O17/c1-74-42(54(82)73-47(59(87)88)24-4-7-30(75)8-5-24)12-23-2-9-31(10-3-23)91-43-21-26-13-32(49(43)77)25-6-11-33-40(20-25)69-60(89)61(33,90)22-41(68-57(85)48(76)29-18-38(66)52(80)39(67)19-29)53(81)70-45(27-14-34(62)50(78)35(63)15-27)55(83)71-44(26)56(84)72-46(58(74)86)28-16-36(64)51(79)37(65)17-28/h2-11,13-21,41-42,44-47,75,77-80,90H,12,22H2,1H3,(H,68,85)(H,69,89)(H,70,81)(H,71,83)(H,72,84)(H,73,82)(H,87,88)/t41-,42?,44-,45-,46-,47-,61?/m1/s1. The van der Waals surface area contributed by atoms with Gasteiger partial charge in [-0.15, -0.1) is 0 Å². The van der Waals surface area contributed by atoms with E-state index in [0.717, 1.165) is 54.4 Å². The number of aliphatic hydroxyl groups is 1. The van der Waals surface area contributed by atoms with Crippen molar-refractivity contribution in [3.05, 3.63) is 184 Å². The SMILES string of the molecule is CN1C(=O)[C@@H](c2cc(Cl)c(O)c(Cl)c2)NC(=O)[C@@H]2NC(=O)[C@@H](c3cc(Cl)c(O)c(Cl)c3)NC(=O)[C@H](NC(=O)C(=O)c3cc(Cl)c(O)c(Cl)c3)CC3(O)C(=O)Nc4cc(ccc43)-c3cc2cc(c3O)Oc2ccc(cc2)CC1C(=O)N[C@@H](C(=O)O)c1ccc(O)cc1. The van der Waals surface area contributed by atoms with Gasteiger partial charge in [0.2, 0.25) is 35.3 Å². The Hall–Kier alpha value is -9.53. The number of ketones is 1. The van der Waals surface area contributed by atoms with E-state index < -0.39 is 166 Å². The molecule has 7 amide bonds. The summed E-state index contributed by atoms with van der Waals surface area (Å²) in [6.45, 7) is 0. The van der Waals surface area contributed by atoms with Gasteiger partial charge < -0.3 is 77.3 Å². The summed E-state index contributed by atoms with van der Waals surface area (Å²) in [6.07, 6.45) is -1.47. The van der Waals surface area contributed by atoms with E-state index in [1.807, 2.05) is 0 Å². The normalized spacial score (nSPS) is 20.2. The van der Waals surface area contributed by atoms with Gasteiger partial charge in [-0.3, -0.25) is 38.4 Å². The van der Waals surface area contributed by atoms with Crippen molar-refractivity contribution in [3.63, 3.8) is 0 Å². The number of fused-ring (bicyclic) bond motifs is 15. The van der Waals surface area contributed by atoms with Crippen molar-refractivity contribution in [1.29, 1.82) is 0 Å². The molecular weight excluding hydrogens is 1320 g/mol. The van der Waals surface area contributed by atoms with Crippen molar-refractivity contribution in [2.75, 3.05) is 12.4 Å². The monoisotopic (exact) mass is 1360 g/mol. The van der Waals surface area contributed by atoms with Gasteiger partial charge in [0.15, 0.2) is 40.4 Å². The molecule has 7 aromatic rings. The second-order valence-corrected chi connectivity index (χ2v) is 23.6. The summed E-state index contributed by atoms with van der Waals surface area (Å²) in [4.78, 5) is 132. The molecule has 0 aliphatic carbocycles. The van der Waals surface area contributed by atoms with Crippen LogP contribution in [-0.4, -0.2) is 113 Å². The first kappa shape index (κ1) is 64.5. The van der Waals surface area contributed by atoms with Crippen molar-refractivity contribution >= 4 is 128 Å². The zero-order chi connectivity index (χ0) is 65.8. The molecule has 7 aromatic carbocycles. The lowest BCUT2D eigenvalue weighted by Gasteiger charge is -2.33. The fourth-order valence-electron chi connectivity index (χ4n) is 10.5. The summed E-state index contributed by atoms with van der Waals surface area (Å²) in [5, 5.41) is 88.6. The number of rotatable bonds is 9. The Morgan fingerprint density at radius 1 is 0.626 bits per heavy atom. The molecule has 24 nitrogen and oxygen atoms in total. The fraction of sp³-hybridized carbons (Fsp3) is 0.164. The van der Waals surface area contributed by atoms with Gasteiger partial charge in [0, 0.05) is 42.3 Å². The van der Waals surface area contributed by atoms with Crippen LogP contribution in [0, 0.1) is 0 Å².